The lowest BCUT2D eigenvalue weighted by Gasteiger charge is -2.02. The molecule has 0 heterocycles. The van der Waals surface area contributed by atoms with Crippen molar-refractivity contribution in [3.8, 4) is 0 Å². The second-order valence-corrected chi connectivity index (χ2v) is 3.39. The molecule has 14 heavy (non-hydrogen) atoms. The Bertz CT molecular complexity index is 313. The van der Waals surface area contributed by atoms with Gasteiger partial charge in [-0.05, 0) is 43.4 Å². The summed E-state index contributed by atoms with van der Waals surface area (Å²) in [6.07, 6.45) is 6.80. The van der Waals surface area contributed by atoms with Crippen molar-refractivity contribution >= 4 is 0 Å². The van der Waals surface area contributed by atoms with Gasteiger partial charge in [0, 0.05) is 0 Å². The molecule has 1 aromatic carbocycles. The maximum absolute atomic E-state index is 13.3. The van der Waals surface area contributed by atoms with Gasteiger partial charge in [0.15, 0.2) is 0 Å². The molecule has 0 aromatic heterocycles. The first kappa shape index (κ1) is 11.0. The van der Waals surface area contributed by atoms with Crippen molar-refractivity contribution < 1.29 is 4.39 Å². The van der Waals surface area contributed by atoms with E-state index in [1.807, 2.05) is 32.1 Å². The summed E-state index contributed by atoms with van der Waals surface area (Å²) >= 11 is 0. The second kappa shape index (κ2) is 5.58. The molecule has 0 fully saturated rings. The number of aryl methyl sites for hydroxylation is 2. The van der Waals surface area contributed by atoms with Crippen LogP contribution in [0.25, 0.3) is 0 Å². The number of rotatable bonds is 4. The van der Waals surface area contributed by atoms with Gasteiger partial charge in [-0.1, -0.05) is 31.2 Å². The molecule has 0 amide bonds. The van der Waals surface area contributed by atoms with Gasteiger partial charge >= 0.3 is 0 Å². The van der Waals surface area contributed by atoms with Gasteiger partial charge in [0.1, 0.15) is 5.82 Å². The lowest BCUT2D eigenvalue weighted by molar-refractivity contribution is 0.609. The van der Waals surface area contributed by atoms with Crippen molar-refractivity contribution in [3.63, 3.8) is 0 Å². The zero-order valence-electron chi connectivity index (χ0n) is 8.89. The number of halogens is 1. The van der Waals surface area contributed by atoms with Gasteiger partial charge in [-0.15, -0.1) is 0 Å². The van der Waals surface area contributed by atoms with Crippen molar-refractivity contribution in [3.05, 3.63) is 47.3 Å². The van der Waals surface area contributed by atoms with Gasteiger partial charge < -0.3 is 0 Å². The van der Waals surface area contributed by atoms with Crippen molar-refractivity contribution in [1.29, 1.82) is 0 Å². The highest BCUT2D eigenvalue weighted by atomic mass is 19.1. The topological polar surface area (TPSA) is 0 Å². The number of hydrogen-bond donors (Lipinski definition) is 0. The van der Waals surface area contributed by atoms with E-state index in [9.17, 15) is 4.39 Å². The van der Waals surface area contributed by atoms with E-state index in [1.54, 1.807) is 6.07 Å². The molecule has 0 bridgehead atoms. The molecule has 0 atom stereocenters. The van der Waals surface area contributed by atoms with Crippen LogP contribution >= 0.6 is 0 Å². The first-order valence-corrected chi connectivity index (χ1v) is 5.16. The molecule has 1 rings (SSSR count). The van der Waals surface area contributed by atoms with E-state index in [0.717, 1.165) is 30.4 Å². The summed E-state index contributed by atoms with van der Waals surface area (Å²) in [5, 5.41) is 0. The van der Waals surface area contributed by atoms with Gasteiger partial charge in [-0.25, -0.2) is 4.39 Å². The maximum Gasteiger partial charge on any atom is 0.126 e. The Morgan fingerprint density at radius 1 is 1.36 bits per heavy atom. The van der Waals surface area contributed by atoms with Crippen LogP contribution in [0, 0.1) is 5.82 Å². The van der Waals surface area contributed by atoms with Gasteiger partial charge in [-0.3, -0.25) is 0 Å². The van der Waals surface area contributed by atoms with E-state index in [-0.39, 0.29) is 5.82 Å². The van der Waals surface area contributed by atoms with Crippen LogP contribution in [0.2, 0.25) is 0 Å². The predicted octanol–water partition coefficient (Wildman–Crippen LogP) is 3.90. The minimum atomic E-state index is -0.0644. The van der Waals surface area contributed by atoms with E-state index in [4.69, 9.17) is 0 Å². The van der Waals surface area contributed by atoms with Crippen LogP contribution in [-0.4, -0.2) is 0 Å². The van der Waals surface area contributed by atoms with Crippen molar-refractivity contribution in [1.82, 2.24) is 0 Å². The normalized spacial score (nSPS) is 11.1. The second-order valence-electron chi connectivity index (χ2n) is 3.39. The van der Waals surface area contributed by atoms with Crippen LogP contribution in [-0.2, 0) is 12.8 Å². The summed E-state index contributed by atoms with van der Waals surface area (Å²) < 4.78 is 13.3. The Balaban J connectivity index is 2.66. The maximum atomic E-state index is 13.3. The van der Waals surface area contributed by atoms with Crippen LogP contribution in [0.3, 0.4) is 0 Å². The van der Waals surface area contributed by atoms with E-state index in [0.29, 0.717) is 0 Å². The zero-order chi connectivity index (χ0) is 10.4. The minimum Gasteiger partial charge on any atom is -0.207 e. The molecule has 0 radical (unpaired) electrons. The molecule has 0 aliphatic heterocycles. The molecule has 0 saturated carbocycles. The molecule has 0 aliphatic rings. The fourth-order valence-corrected chi connectivity index (χ4v) is 1.45. The lowest BCUT2D eigenvalue weighted by Crippen LogP contribution is -1.91. The molecule has 0 unspecified atom stereocenters. The van der Waals surface area contributed by atoms with E-state index >= 15 is 0 Å². The monoisotopic (exact) mass is 192 g/mol. The quantitative estimate of drug-likeness (QED) is 0.635. The minimum absolute atomic E-state index is 0.0644. The highest BCUT2D eigenvalue weighted by molar-refractivity contribution is 5.24. The number of allylic oxidation sites excluding steroid dienone is 2. The van der Waals surface area contributed by atoms with Crippen molar-refractivity contribution in [2.45, 2.75) is 33.1 Å². The molecule has 0 saturated heterocycles. The molecule has 0 aliphatic carbocycles. The Hall–Kier alpha value is -1.11. The molecule has 0 spiro atoms. The average Bonchev–Trinajstić information content (AvgIpc) is 2.18. The van der Waals surface area contributed by atoms with Crippen molar-refractivity contribution in [2.24, 2.45) is 0 Å². The molecule has 0 N–H and O–H groups in total. The summed E-state index contributed by atoms with van der Waals surface area (Å²) in [7, 11) is 0. The summed E-state index contributed by atoms with van der Waals surface area (Å²) in [6.45, 7) is 3.97. The molecule has 76 valence electrons. The Kier molecular flexibility index (Phi) is 4.37. The van der Waals surface area contributed by atoms with Crippen LogP contribution in [0.15, 0.2) is 30.4 Å². The molecular weight excluding hydrogens is 175 g/mol. The number of benzene rings is 1. The van der Waals surface area contributed by atoms with Crippen LogP contribution in [0.4, 0.5) is 4.39 Å². The van der Waals surface area contributed by atoms with Gasteiger partial charge in [-0.2, -0.15) is 0 Å². The van der Waals surface area contributed by atoms with Gasteiger partial charge in [0.25, 0.3) is 0 Å². The SMILES string of the molecule is C/C=C\CCc1ccc(CC)c(F)c1. The molecule has 0 nitrogen and oxygen atoms in total. The molecular formula is C13H17F. The highest BCUT2D eigenvalue weighted by Crippen LogP contribution is 2.12. The van der Waals surface area contributed by atoms with Crippen LogP contribution in [0.5, 0.6) is 0 Å². The standard InChI is InChI=1S/C13H17F/c1-3-5-6-7-11-8-9-12(4-2)13(14)10-11/h3,5,8-10H,4,6-7H2,1-2H3/b5-3-. The molecule has 1 heteroatoms. The summed E-state index contributed by atoms with van der Waals surface area (Å²) in [5.41, 5.74) is 1.89. The third-order valence-electron chi connectivity index (χ3n) is 2.33. The van der Waals surface area contributed by atoms with Gasteiger partial charge in [0.05, 0.1) is 0 Å². The largest absolute Gasteiger partial charge is 0.207 e. The highest BCUT2D eigenvalue weighted by Gasteiger charge is 2.00. The first-order chi connectivity index (χ1) is 6.77. The Morgan fingerprint density at radius 2 is 2.14 bits per heavy atom. The smallest absolute Gasteiger partial charge is 0.126 e. The zero-order valence-corrected chi connectivity index (χ0v) is 8.89. The average molecular weight is 192 g/mol. The lowest BCUT2D eigenvalue weighted by atomic mass is 10.1. The van der Waals surface area contributed by atoms with Crippen LogP contribution in [0.1, 0.15) is 31.4 Å². The number of hydrogen-bond acceptors (Lipinski definition) is 0. The van der Waals surface area contributed by atoms with E-state index in [1.165, 1.54) is 0 Å². The third-order valence-corrected chi connectivity index (χ3v) is 2.33. The predicted molar refractivity (Wildman–Crippen MR) is 58.9 cm³/mol. The fourth-order valence-electron chi connectivity index (χ4n) is 1.45. The Labute approximate surface area is 85.5 Å². The summed E-state index contributed by atoms with van der Waals surface area (Å²) in [6, 6.07) is 5.56. The first-order valence-electron chi connectivity index (χ1n) is 5.16. The Morgan fingerprint density at radius 3 is 2.71 bits per heavy atom. The van der Waals surface area contributed by atoms with E-state index in [2.05, 4.69) is 6.08 Å². The summed E-state index contributed by atoms with van der Waals surface area (Å²) in [5.74, 6) is -0.0644. The van der Waals surface area contributed by atoms with Gasteiger partial charge in [0.2, 0.25) is 0 Å². The van der Waals surface area contributed by atoms with Crippen molar-refractivity contribution in [2.75, 3.05) is 0 Å². The fraction of sp³-hybridized carbons (Fsp3) is 0.385. The van der Waals surface area contributed by atoms with E-state index < -0.39 is 0 Å². The third kappa shape index (κ3) is 2.99. The summed E-state index contributed by atoms with van der Waals surface area (Å²) in [4.78, 5) is 0. The van der Waals surface area contributed by atoms with Crippen LogP contribution < -0.4 is 0 Å². The molecule has 1 aromatic rings.